The van der Waals surface area contributed by atoms with Crippen molar-refractivity contribution in [3.8, 4) is 0 Å². The molecule has 0 radical (unpaired) electrons. The van der Waals surface area contributed by atoms with E-state index in [2.05, 4.69) is 44.8 Å². The predicted molar refractivity (Wildman–Crippen MR) is 82.7 cm³/mol. The monoisotopic (exact) mass is 284 g/mol. The van der Waals surface area contributed by atoms with Crippen molar-refractivity contribution >= 4 is 5.97 Å². The Morgan fingerprint density at radius 3 is 2.30 bits per heavy atom. The van der Waals surface area contributed by atoms with Gasteiger partial charge in [-0.05, 0) is 45.1 Å². The Labute approximate surface area is 124 Å². The van der Waals surface area contributed by atoms with Crippen LogP contribution >= 0.6 is 0 Å². The van der Waals surface area contributed by atoms with Crippen LogP contribution in [0.25, 0.3) is 0 Å². The molecule has 4 nitrogen and oxygen atoms in total. The molecule has 0 saturated heterocycles. The maximum absolute atomic E-state index is 12.4. The van der Waals surface area contributed by atoms with E-state index in [1.54, 1.807) is 0 Å². The second-order valence-electron chi connectivity index (χ2n) is 6.68. The third kappa shape index (κ3) is 4.19. The maximum atomic E-state index is 12.4. The number of nitrogens with zero attached hydrogens (tertiary/aromatic N) is 1. The first-order valence-electron chi connectivity index (χ1n) is 7.94. The van der Waals surface area contributed by atoms with Crippen molar-refractivity contribution in [2.24, 2.45) is 11.8 Å². The molecule has 118 valence electrons. The number of rotatable bonds is 9. The molecule has 20 heavy (non-hydrogen) atoms. The summed E-state index contributed by atoms with van der Waals surface area (Å²) >= 11 is 0. The van der Waals surface area contributed by atoms with E-state index in [4.69, 9.17) is 4.74 Å². The summed E-state index contributed by atoms with van der Waals surface area (Å²) in [5, 5.41) is 3.45. The number of methoxy groups -OCH3 is 1. The Morgan fingerprint density at radius 1 is 1.35 bits per heavy atom. The number of likely N-dealkylation sites (N-methyl/N-ethyl adjacent to an activating group) is 1. The van der Waals surface area contributed by atoms with Crippen molar-refractivity contribution < 1.29 is 9.53 Å². The molecule has 1 atom stereocenters. The number of carbonyl (C=O) groups excluding carboxylic acids is 1. The third-order valence-electron chi connectivity index (χ3n) is 4.10. The molecule has 0 amide bonds. The third-order valence-corrected chi connectivity index (χ3v) is 4.10. The fourth-order valence-corrected chi connectivity index (χ4v) is 2.95. The van der Waals surface area contributed by atoms with Gasteiger partial charge in [0.15, 0.2) is 0 Å². The largest absolute Gasteiger partial charge is 0.468 e. The SMILES string of the molecule is CCNC(CN(CC(C)C)C(C)C)(C(=O)OC)C1CC1. The first kappa shape index (κ1) is 17.4. The Balaban J connectivity index is 2.93. The zero-order valence-corrected chi connectivity index (χ0v) is 14.0. The quantitative estimate of drug-likeness (QED) is 0.660. The first-order chi connectivity index (χ1) is 9.37. The summed E-state index contributed by atoms with van der Waals surface area (Å²) in [5.74, 6) is 0.910. The van der Waals surface area contributed by atoms with Gasteiger partial charge in [0.25, 0.3) is 0 Å². The predicted octanol–water partition coefficient (Wildman–Crippen LogP) is 2.28. The van der Waals surface area contributed by atoms with Crippen LogP contribution in [0.2, 0.25) is 0 Å². The van der Waals surface area contributed by atoms with Crippen molar-refractivity contribution in [2.45, 2.75) is 59.0 Å². The Morgan fingerprint density at radius 2 is 1.95 bits per heavy atom. The van der Waals surface area contributed by atoms with Gasteiger partial charge in [-0.15, -0.1) is 0 Å². The van der Waals surface area contributed by atoms with E-state index in [0.717, 1.165) is 32.5 Å². The van der Waals surface area contributed by atoms with Gasteiger partial charge in [-0.2, -0.15) is 0 Å². The summed E-state index contributed by atoms with van der Waals surface area (Å²) in [5.41, 5.74) is -0.525. The van der Waals surface area contributed by atoms with Gasteiger partial charge in [-0.25, -0.2) is 4.79 Å². The van der Waals surface area contributed by atoms with Crippen molar-refractivity contribution in [2.75, 3.05) is 26.7 Å². The number of ether oxygens (including phenoxy) is 1. The molecule has 1 aliphatic carbocycles. The molecule has 1 aliphatic rings. The molecule has 1 rings (SSSR count). The Kier molecular flexibility index (Phi) is 6.46. The highest BCUT2D eigenvalue weighted by Crippen LogP contribution is 2.41. The highest BCUT2D eigenvalue weighted by Gasteiger charge is 2.52. The molecule has 1 saturated carbocycles. The summed E-state index contributed by atoms with van der Waals surface area (Å²) in [6.07, 6.45) is 2.24. The first-order valence-corrected chi connectivity index (χ1v) is 7.94. The summed E-state index contributed by atoms with van der Waals surface area (Å²) in [6, 6.07) is 0.429. The number of esters is 1. The van der Waals surface area contributed by atoms with E-state index in [9.17, 15) is 4.79 Å². The summed E-state index contributed by atoms with van der Waals surface area (Å²) in [6.45, 7) is 13.4. The van der Waals surface area contributed by atoms with Gasteiger partial charge in [-0.1, -0.05) is 20.8 Å². The standard InChI is InChI=1S/C16H32N2O2/c1-7-17-16(14-8-9-14,15(19)20-6)11-18(13(4)5)10-12(2)3/h12-14,17H,7-11H2,1-6H3. The number of hydrogen-bond acceptors (Lipinski definition) is 4. The fourth-order valence-electron chi connectivity index (χ4n) is 2.95. The van der Waals surface area contributed by atoms with Crippen molar-refractivity contribution in [3.05, 3.63) is 0 Å². The van der Waals surface area contributed by atoms with Gasteiger partial charge in [0.2, 0.25) is 0 Å². The van der Waals surface area contributed by atoms with E-state index in [0.29, 0.717) is 17.9 Å². The van der Waals surface area contributed by atoms with Crippen LogP contribution in [0, 0.1) is 11.8 Å². The maximum Gasteiger partial charge on any atom is 0.327 e. The Bertz CT molecular complexity index is 314. The van der Waals surface area contributed by atoms with Gasteiger partial charge in [0.1, 0.15) is 5.54 Å². The average molecular weight is 284 g/mol. The summed E-state index contributed by atoms with van der Waals surface area (Å²) < 4.78 is 5.13. The lowest BCUT2D eigenvalue weighted by Crippen LogP contribution is -2.62. The van der Waals surface area contributed by atoms with E-state index >= 15 is 0 Å². The second kappa shape index (κ2) is 7.41. The van der Waals surface area contributed by atoms with E-state index in [-0.39, 0.29) is 5.97 Å². The van der Waals surface area contributed by atoms with Crippen LogP contribution in [-0.2, 0) is 9.53 Å². The summed E-state index contributed by atoms with van der Waals surface area (Å²) in [7, 11) is 1.50. The minimum atomic E-state index is -0.525. The van der Waals surface area contributed by atoms with Crippen molar-refractivity contribution in [3.63, 3.8) is 0 Å². The highest BCUT2D eigenvalue weighted by molar-refractivity contribution is 5.82. The van der Waals surface area contributed by atoms with E-state index < -0.39 is 5.54 Å². The van der Waals surface area contributed by atoms with Gasteiger partial charge in [0, 0.05) is 19.1 Å². The van der Waals surface area contributed by atoms with Gasteiger partial charge in [-0.3, -0.25) is 4.90 Å². The number of nitrogens with one attached hydrogen (secondary N) is 1. The van der Waals surface area contributed by atoms with Gasteiger partial charge < -0.3 is 10.1 Å². The zero-order chi connectivity index (χ0) is 15.3. The highest BCUT2D eigenvalue weighted by atomic mass is 16.5. The van der Waals surface area contributed by atoms with Crippen LogP contribution < -0.4 is 5.32 Å². The zero-order valence-electron chi connectivity index (χ0n) is 14.0. The normalized spacial score (nSPS) is 18.6. The average Bonchev–Trinajstić information content (AvgIpc) is 3.19. The van der Waals surface area contributed by atoms with Gasteiger partial charge >= 0.3 is 5.97 Å². The molecule has 1 fully saturated rings. The van der Waals surface area contributed by atoms with Crippen molar-refractivity contribution in [1.29, 1.82) is 0 Å². The molecule has 1 unspecified atom stereocenters. The van der Waals surface area contributed by atoms with Crippen LogP contribution in [0.15, 0.2) is 0 Å². The molecule has 1 N–H and O–H groups in total. The number of hydrogen-bond donors (Lipinski definition) is 1. The molecular weight excluding hydrogens is 252 g/mol. The van der Waals surface area contributed by atoms with E-state index in [1.807, 2.05) is 0 Å². The minimum absolute atomic E-state index is 0.101. The molecule has 0 aromatic carbocycles. The lowest BCUT2D eigenvalue weighted by atomic mass is 9.91. The molecule has 0 aliphatic heterocycles. The molecule has 0 spiro atoms. The van der Waals surface area contributed by atoms with Crippen LogP contribution in [0.3, 0.4) is 0 Å². The Hall–Kier alpha value is -0.610. The lowest BCUT2D eigenvalue weighted by molar-refractivity contribution is -0.151. The molecule has 0 aromatic rings. The second-order valence-corrected chi connectivity index (χ2v) is 6.68. The molecule has 0 aromatic heterocycles. The fraction of sp³-hybridized carbons (Fsp3) is 0.938. The molecule has 0 bridgehead atoms. The van der Waals surface area contributed by atoms with Crippen molar-refractivity contribution in [1.82, 2.24) is 10.2 Å². The number of carbonyl (C=O) groups is 1. The van der Waals surface area contributed by atoms with E-state index in [1.165, 1.54) is 7.11 Å². The topological polar surface area (TPSA) is 41.6 Å². The smallest absolute Gasteiger partial charge is 0.327 e. The van der Waals surface area contributed by atoms with Crippen LogP contribution in [0.4, 0.5) is 0 Å². The lowest BCUT2D eigenvalue weighted by Gasteiger charge is -2.39. The molecule has 0 heterocycles. The van der Waals surface area contributed by atoms with Gasteiger partial charge in [0.05, 0.1) is 7.11 Å². The van der Waals surface area contributed by atoms with Crippen LogP contribution in [-0.4, -0.2) is 49.2 Å². The van der Waals surface area contributed by atoms with Crippen LogP contribution in [0.1, 0.15) is 47.5 Å². The van der Waals surface area contributed by atoms with Crippen LogP contribution in [0.5, 0.6) is 0 Å². The molecular formula is C16H32N2O2. The molecule has 4 heteroatoms. The summed E-state index contributed by atoms with van der Waals surface area (Å²) in [4.78, 5) is 14.8. The minimum Gasteiger partial charge on any atom is -0.468 e.